The highest BCUT2D eigenvalue weighted by Gasteiger charge is 2.10. The number of hydrogen-bond donors (Lipinski definition) is 0. The van der Waals surface area contributed by atoms with Gasteiger partial charge in [-0.05, 0) is 37.6 Å². The molecule has 0 aliphatic carbocycles. The third-order valence-corrected chi connectivity index (χ3v) is 2.81. The Labute approximate surface area is 111 Å². The summed E-state index contributed by atoms with van der Waals surface area (Å²) in [5.41, 5.74) is 2.12. The molecule has 0 radical (unpaired) electrons. The average molecular weight is 259 g/mol. The van der Waals surface area contributed by atoms with Crippen molar-refractivity contribution in [3.63, 3.8) is 0 Å². The molecule has 0 aliphatic rings. The zero-order valence-electron chi connectivity index (χ0n) is 10.8. The lowest BCUT2D eigenvalue weighted by atomic mass is 10.1. The van der Waals surface area contributed by atoms with Gasteiger partial charge in [-0.15, -0.1) is 0 Å². The first kappa shape index (κ1) is 13.2. The largest absolute Gasteiger partial charge is 0.486 e. The van der Waals surface area contributed by atoms with E-state index in [1.165, 1.54) is 25.1 Å². The summed E-state index contributed by atoms with van der Waals surface area (Å²) in [6.45, 7) is 3.55. The number of aromatic nitrogens is 1. The van der Waals surface area contributed by atoms with E-state index in [0.29, 0.717) is 5.56 Å². The van der Waals surface area contributed by atoms with E-state index in [4.69, 9.17) is 4.74 Å². The highest BCUT2D eigenvalue weighted by Crippen LogP contribution is 2.21. The Kier molecular flexibility index (Phi) is 3.90. The highest BCUT2D eigenvalue weighted by molar-refractivity contribution is 5.96. The Morgan fingerprint density at radius 3 is 2.84 bits per heavy atom. The van der Waals surface area contributed by atoms with Gasteiger partial charge in [0.2, 0.25) is 0 Å². The average Bonchev–Trinajstić information content (AvgIpc) is 2.37. The van der Waals surface area contributed by atoms with E-state index < -0.39 is 5.82 Å². The lowest BCUT2D eigenvalue weighted by Gasteiger charge is -2.10. The minimum absolute atomic E-state index is 0.159. The van der Waals surface area contributed by atoms with Crippen LogP contribution in [0.25, 0.3) is 0 Å². The van der Waals surface area contributed by atoms with Crippen molar-refractivity contribution >= 4 is 5.78 Å². The van der Waals surface area contributed by atoms with Gasteiger partial charge >= 0.3 is 0 Å². The number of ether oxygens (including phenoxy) is 1. The van der Waals surface area contributed by atoms with Gasteiger partial charge in [0.15, 0.2) is 5.78 Å². The summed E-state index contributed by atoms with van der Waals surface area (Å²) >= 11 is 0. The van der Waals surface area contributed by atoms with Crippen LogP contribution in [0.15, 0.2) is 36.5 Å². The number of halogens is 1. The molecule has 0 spiro atoms. The van der Waals surface area contributed by atoms with E-state index in [0.717, 1.165) is 11.3 Å². The summed E-state index contributed by atoms with van der Waals surface area (Å²) in [7, 11) is 0. The van der Waals surface area contributed by atoms with Crippen LogP contribution in [-0.2, 0) is 6.61 Å². The number of benzene rings is 1. The molecule has 0 amide bonds. The number of carbonyl (C=O) groups is 1. The maximum absolute atomic E-state index is 13.2. The van der Waals surface area contributed by atoms with E-state index in [-0.39, 0.29) is 18.1 Å². The summed E-state index contributed by atoms with van der Waals surface area (Å²) in [6.07, 6.45) is 1.67. The molecule has 4 heteroatoms. The Morgan fingerprint density at radius 1 is 1.37 bits per heavy atom. The Bertz CT molecular complexity index is 611. The molecule has 0 aliphatic heterocycles. The molecule has 0 N–H and O–H groups in total. The molecule has 0 bridgehead atoms. The number of pyridine rings is 1. The molecule has 98 valence electrons. The van der Waals surface area contributed by atoms with E-state index in [2.05, 4.69) is 4.98 Å². The highest BCUT2D eigenvalue weighted by atomic mass is 19.1. The van der Waals surface area contributed by atoms with Gasteiger partial charge in [-0.25, -0.2) is 4.39 Å². The van der Waals surface area contributed by atoms with Crippen molar-refractivity contribution in [1.29, 1.82) is 0 Å². The molecule has 0 unspecified atom stereocenters. The summed E-state index contributed by atoms with van der Waals surface area (Å²) in [6, 6.07) is 7.65. The van der Waals surface area contributed by atoms with Crippen molar-refractivity contribution in [3.05, 3.63) is 59.2 Å². The molecule has 0 fully saturated rings. The van der Waals surface area contributed by atoms with Gasteiger partial charge in [0.1, 0.15) is 18.2 Å². The van der Waals surface area contributed by atoms with Crippen LogP contribution in [0.3, 0.4) is 0 Å². The number of aryl methyl sites for hydroxylation is 1. The fraction of sp³-hybridized carbons (Fsp3) is 0.200. The number of Topliss-reactive ketones (excluding diaryl/α,β-unsaturated/α-hetero) is 1. The van der Waals surface area contributed by atoms with Crippen LogP contribution in [0.1, 0.15) is 28.5 Å². The number of hydrogen-bond acceptors (Lipinski definition) is 3. The van der Waals surface area contributed by atoms with Crippen molar-refractivity contribution in [2.75, 3.05) is 0 Å². The van der Waals surface area contributed by atoms with E-state index >= 15 is 0 Å². The Balaban J connectivity index is 2.22. The topological polar surface area (TPSA) is 39.2 Å². The molecule has 19 heavy (non-hydrogen) atoms. The van der Waals surface area contributed by atoms with Gasteiger partial charge < -0.3 is 4.74 Å². The predicted molar refractivity (Wildman–Crippen MR) is 69.7 cm³/mol. The molecular weight excluding hydrogens is 245 g/mol. The number of rotatable bonds is 4. The lowest BCUT2D eigenvalue weighted by molar-refractivity contribution is 0.101. The van der Waals surface area contributed by atoms with Crippen molar-refractivity contribution in [2.24, 2.45) is 0 Å². The zero-order valence-corrected chi connectivity index (χ0v) is 10.8. The summed E-state index contributed by atoms with van der Waals surface area (Å²) < 4.78 is 18.7. The van der Waals surface area contributed by atoms with E-state index in [1.807, 2.05) is 19.1 Å². The summed E-state index contributed by atoms with van der Waals surface area (Å²) in [5.74, 6) is -0.344. The van der Waals surface area contributed by atoms with Crippen LogP contribution in [0.2, 0.25) is 0 Å². The first-order valence-corrected chi connectivity index (χ1v) is 5.91. The van der Waals surface area contributed by atoms with Crippen LogP contribution in [-0.4, -0.2) is 10.8 Å². The summed E-state index contributed by atoms with van der Waals surface area (Å²) in [5, 5.41) is 0. The van der Waals surface area contributed by atoms with Gasteiger partial charge in [-0.2, -0.15) is 0 Å². The quantitative estimate of drug-likeness (QED) is 0.791. The van der Waals surface area contributed by atoms with Crippen LogP contribution < -0.4 is 4.74 Å². The van der Waals surface area contributed by atoms with Crippen molar-refractivity contribution in [2.45, 2.75) is 20.5 Å². The smallest absolute Gasteiger partial charge is 0.163 e. The van der Waals surface area contributed by atoms with Crippen molar-refractivity contribution in [3.8, 4) is 5.75 Å². The Morgan fingerprint density at radius 2 is 2.16 bits per heavy atom. The van der Waals surface area contributed by atoms with E-state index in [9.17, 15) is 9.18 Å². The second kappa shape index (κ2) is 5.61. The Hall–Kier alpha value is -2.23. The fourth-order valence-corrected chi connectivity index (χ4v) is 1.72. The molecule has 1 aromatic heterocycles. The van der Waals surface area contributed by atoms with Gasteiger partial charge in [0, 0.05) is 12.3 Å². The normalized spacial score (nSPS) is 10.3. The first-order chi connectivity index (χ1) is 9.08. The number of carbonyl (C=O) groups excluding carboxylic acids is 1. The fourth-order valence-electron chi connectivity index (χ4n) is 1.72. The minimum Gasteiger partial charge on any atom is -0.486 e. The summed E-state index contributed by atoms with van der Waals surface area (Å²) in [4.78, 5) is 15.6. The maximum atomic E-state index is 13.2. The van der Waals surface area contributed by atoms with Crippen molar-refractivity contribution < 1.29 is 13.9 Å². The number of nitrogens with zero attached hydrogens (tertiary/aromatic N) is 1. The molecule has 0 saturated carbocycles. The zero-order chi connectivity index (χ0) is 13.8. The van der Waals surface area contributed by atoms with Gasteiger partial charge in [0.25, 0.3) is 0 Å². The molecule has 1 aromatic carbocycles. The maximum Gasteiger partial charge on any atom is 0.163 e. The standard InChI is InChI=1S/C15H14FNO2/c1-10-4-3-7-17-14(10)9-19-15-8-12(16)5-6-13(15)11(2)18/h3-8H,9H2,1-2H3. The molecule has 1 heterocycles. The predicted octanol–water partition coefficient (Wildman–Crippen LogP) is 3.31. The number of ketones is 1. The minimum atomic E-state index is -0.433. The van der Waals surface area contributed by atoms with Gasteiger partial charge in [-0.3, -0.25) is 9.78 Å². The van der Waals surface area contributed by atoms with Crippen LogP contribution >= 0.6 is 0 Å². The first-order valence-electron chi connectivity index (χ1n) is 5.91. The van der Waals surface area contributed by atoms with Gasteiger partial charge in [0.05, 0.1) is 11.3 Å². The monoisotopic (exact) mass is 259 g/mol. The van der Waals surface area contributed by atoms with Crippen LogP contribution in [0.5, 0.6) is 5.75 Å². The second-order valence-electron chi connectivity index (χ2n) is 4.25. The molecular formula is C15H14FNO2. The molecule has 2 rings (SSSR count). The molecule has 0 atom stereocenters. The van der Waals surface area contributed by atoms with Crippen molar-refractivity contribution in [1.82, 2.24) is 4.98 Å². The van der Waals surface area contributed by atoms with E-state index in [1.54, 1.807) is 6.20 Å². The molecule has 0 saturated heterocycles. The van der Waals surface area contributed by atoms with Gasteiger partial charge in [-0.1, -0.05) is 6.07 Å². The second-order valence-corrected chi connectivity index (χ2v) is 4.25. The molecule has 3 nitrogen and oxygen atoms in total. The van der Waals surface area contributed by atoms with Crippen LogP contribution in [0, 0.1) is 12.7 Å². The third kappa shape index (κ3) is 3.16. The SMILES string of the molecule is CC(=O)c1ccc(F)cc1OCc1ncccc1C. The third-order valence-electron chi connectivity index (χ3n) is 2.81. The van der Waals surface area contributed by atoms with Crippen LogP contribution in [0.4, 0.5) is 4.39 Å². The lowest BCUT2D eigenvalue weighted by Crippen LogP contribution is -2.04. The molecule has 2 aromatic rings.